The number of carbonyl (C=O) groups is 1. The quantitative estimate of drug-likeness (QED) is 0.661. The van der Waals surface area contributed by atoms with Crippen LogP contribution in [0.25, 0.3) is 10.2 Å². The van der Waals surface area contributed by atoms with Gasteiger partial charge in [0.2, 0.25) is 0 Å². The highest BCUT2D eigenvalue weighted by molar-refractivity contribution is 7.22. The van der Waals surface area contributed by atoms with E-state index in [0.717, 1.165) is 16.3 Å². The van der Waals surface area contributed by atoms with Gasteiger partial charge < -0.3 is 5.32 Å². The third kappa shape index (κ3) is 3.48. The van der Waals surface area contributed by atoms with Crippen molar-refractivity contribution in [3.8, 4) is 0 Å². The Labute approximate surface area is 139 Å². The third-order valence-electron chi connectivity index (χ3n) is 3.32. The lowest BCUT2D eigenvalue weighted by atomic mass is 10.1. The lowest BCUT2D eigenvalue weighted by Gasteiger charge is -2.12. The van der Waals surface area contributed by atoms with Crippen molar-refractivity contribution in [1.82, 2.24) is 4.98 Å². The van der Waals surface area contributed by atoms with Crippen molar-refractivity contribution < 1.29 is 18.0 Å². The predicted octanol–water partition coefficient (Wildman–Crippen LogP) is 5.27. The van der Waals surface area contributed by atoms with Gasteiger partial charge in [0.05, 0.1) is 15.8 Å². The molecule has 4 nitrogen and oxygen atoms in total. The van der Waals surface area contributed by atoms with Crippen LogP contribution in [0.4, 0.5) is 28.8 Å². The molecule has 1 heterocycles. The molecule has 0 atom stereocenters. The Bertz CT molecular complexity index is 872. The summed E-state index contributed by atoms with van der Waals surface area (Å²) in [5.41, 5.74) is 0.124. The molecule has 124 valence electrons. The largest absolute Gasteiger partial charge is 0.416 e. The molecule has 0 fully saturated rings. The Balaban J connectivity index is 1.75. The number of alkyl halides is 3. The second-order valence-electron chi connectivity index (χ2n) is 5.09. The zero-order valence-corrected chi connectivity index (χ0v) is 13.3. The number of nitrogens with zero attached hydrogens (tertiary/aromatic N) is 1. The fraction of sp³-hybridized carbons (Fsp3) is 0.125. The number of amides is 2. The molecular weight excluding hydrogens is 339 g/mol. The van der Waals surface area contributed by atoms with E-state index in [2.05, 4.69) is 15.6 Å². The lowest BCUT2D eigenvalue weighted by Crippen LogP contribution is -2.20. The molecule has 0 bridgehead atoms. The summed E-state index contributed by atoms with van der Waals surface area (Å²) in [6, 6.07) is 10.4. The van der Waals surface area contributed by atoms with Crippen LogP contribution >= 0.6 is 11.3 Å². The summed E-state index contributed by atoms with van der Waals surface area (Å²) in [7, 11) is 0. The molecule has 2 amide bonds. The number of aryl methyl sites for hydroxylation is 1. The van der Waals surface area contributed by atoms with Gasteiger partial charge in [-0.2, -0.15) is 13.2 Å². The third-order valence-corrected chi connectivity index (χ3v) is 4.27. The van der Waals surface area contributed by atoms with Crippen molar-refractivity contribution in [2.45, 2.75) is 13.1 Å². The van der Waals surface area contributed by atoms with Crippen LogP contribution in [0.1, 0.15) is 11.1 Å². The van der Waals surface area contributed by atoms with E-state index in [1.807, 2.05) is 24.3 Å². The normalized spacial score (nSPS) is 11.5. The number of fused-ring (bicyclic) bond motifs is 1. The number of nitrogens with one attached hydrogen (secondary N) is 2. The Morgan fingerprint density at radius 2 is 1.88 bits per heavy atom. The molecule has 1 aromatic heterocycles. The molecule has 8 heteroatoms. The average Bonchev–Trinajstić information content (AvgIpc) is 2.90. The number of hydrogen-bond donors (Lipinski definition) is 2. The van der Waals surface area contributed by atoms with Crippen molar-refractivity contribution in [2.24, 2.45) is 0 Å². The fourth-order valence-corrected chi connectivity index (χ4v) is 3.05. The lowest BCUT2D eigenvalue weighted by molar-refractivity contribution is -0.138. The minimum absolute atomic E-state index is 0.0616. The number of benzene rings is 2. The van der Waals surface area contributed by atoms with Crippen molar-refractivity contribution in [1.29, 1.82) is 0 Å². The Hall–Kier alpha value is -2.61. The van der Waals surface area contributed by atoms with E-state index >= 15 is 0 Å². The fourth-order valence-electron chi connectivity index (χ4n) is 2.19. The maximum Gasteiger partial charge on any atom is 0.416 e. The molecule has 24 heavy (non-hydrogen) atoms. The first kappa shape index (κ1) is 16.3. The summed E-state index contributed by atoms with van der Waals surface area (Å²) in [5, 5.41) is 5.29. The molecule has 3 rings (SSSR count). The van der Waals surface area contributed by atoms with Crippen LogP contribution in [-0.4, -0.2) is 11.0 Å². The van der Waals surface area contributed by atoms with Crippen LogP contribution in [0, 0.1) is 6.92 Å². The number of aromatic nitrogens is 1. The molecule has 0 aliphatic heterocycles. The number of para-hydroxylation sites is 1. The van der Waals surface area contributed by atoms with Crippen LogP contribution < -0.4 is 10.6 Å². The second kappa shape index (κ2) is 6.12. The minimum Gasteiger partial charge on any atom is -0.308 e. The van der Waals surface area contributed by atoms with Gasteiger partial charge in [0.15, 0.2) is 5.13 Å². The van der Waals surface area contributed by atoms with E-state index < -0.39 is 17.8 Å². The molecular formula is C16H12F3N3OS. The van der Waals surface area contributed by atoms with Crippen LogP contribution in [0.3, 0.4) is 0 Å². The van der Waals surface area contributed by atoms with E-state index in [-0.39, 0.29) is 11.3 Å². The van der Waals surface area contributed by atoms with E-state index in [0.29, 0.717) is 5.13 Å². The van der Waals surface area contributed by atoms with Crippen molar-refractivity contribution in [3.63, 3.8) is 0 Å². The van der Waals surface area contributed by atoms with Crippen LogP contribution in [-0.2, 0) is 6.18 Å². The monoisotopic (exact) mass is 351 g/mol. The zero-order valence-electron chi connectivity index (χ0n) is 12.4. The summed E-state index contributed by atoms with van der Waals surface area (Å²) in [6.07, 6.45) is -4.47. The first-order valence-corrected chi connectivity index (χ1v) is 7.76. The van der Waals surface area contributed by atoms with Gasteiger partial charge in [0, 0.05) is 5.69 Å². The number of rotatable bonds is 2. The van der Waals surface area contributed by atoms with E-state index in [1.165, 1.54) is 30.4 Å². The van der Waals surface area contributed by atoms with E-state index in [9.17, 15) is 18.0 Å². The Kier molecular flexibility index (Phi) is 4.15. The molecule has 0 radical (unpaired) electrons. The minimum atomic E-state index is -4.47. The number of halogens is 3. The summed E-state index contributed by atoms with van der Waals surface area (Å²) in [4.78, 5) is 16.2. The first-order chi connectivity index (χ1) is 11.3. The summed E-state index contributed by atoms with van der Waals surface area (Å²) in [6.45, 7) is 1.37. The Morgan fingerprint density at radius 3 is 2.58 bits per heavy atom. The second-order valence-corrected chi connectivity index (χ2v) is 6.12. The van der Waals surface area contributed by atoms with Gasteiger partial charge in [-0.15, -0.1) is 0 Å². The molecule has 3 aromatic rings. The molecule has 0 aliphatic carbocycles. The molecule has 0 spiro atoms. The Morgan fingerprint density at radius 1 is 1.12 bits per heavy atom. The van der Waals surface area contributed by atoms with Crippen molar-refractivity contribution in [2.75, 3.05) is 10.6 Å². The van der Waals surface area contributed by atoms with Gasteiger partial charge in [-0.3, -0.25) is 5.32 Å². The van der Waals surface area contributed by atoms with E-state index in [1.54, 1.807) is 0 Å². The van der Waals surface area contributed by atoms with Crippen LogP contribution in [0.15, 0.2) is 42.5 Å². The van der Waals surface area contributed by atoms with Crippen molar-refractivity contribution in [3.05, 3.63) is 53.6 Å². The molecule has 0 unspecified atom stereocenters. The van der Waals surface area contributed by atoms with Gasteiger partial charge >= 0.3 is 12.2 Å². The number of urea groups is 1. The predicted molar refractivity (Wildman–Crippen MR) is 88.4 cm³/mol. The van der Waals surface area contributed by atoms with Crippen LogP contribution in [0.5, 0.6) is 0 Å². The summed E-state index contributed by atoms with van der Waals surface area (Å²) < 4.78 is 39.6. The highest BCUT2D eigenvalue weighted by Crippen LogP contribution is 2.33. The first-order valence-electron chi connectivity index (χ1n) is 6.94. The number of carbonyl (C=O) groups excluding carboxylic acids is 1. The maximum absolute atomic E-state index is 12.9. The van der Waals surface area contributed by atoms with Gasteiger partial charge in [0.1, 0.15) is 0 Å². The number of thiazole rings is 1. The smallest absolute Gasteiger partial charge is 0.308 e. The van der Waals surface area contributed by atoms with Gasteiger partial charge in [-0.05, 0) is 36.8 Å². The highest BCUT2D eigenvalue weighted by atomic mass is 32.1. The summed E-state index contributed by atoms with van der Waals surface area (Å²) >= 11 is 1.28. The molecule has 0 aliphatic rings. The van der Waals surface area contributed by atoms with Crippen molar-refractivity contribution >= 4 is 38.4 Å². The maximum atomic E-state index is 12.9. The van der Waals surface area contributed by atoms with Gasteiger partial charge in [0.25, 0.3) is 0 Å². The molecule has 0 saturated carbocycles. The standard InChI is InChI=1S/C16H12F3N3OS/c1-9-6-7-10(8-11(9)16(17,18)19)20-14(23)22-15-21-12-4-2-3-5-13(12)24-15/h2-8H,1H3,(H2,20,21,22,23). The van der Waals surface area contributed by atoms with E-state index in [4.69, 9.17) is 0 Å². The van der Waals surface area contributed by atoms with Gasteiger partial charge in [-0.1, -0.05) is 29.5 Å². The van der Waals surface area contributed by atoms with Crippen LogP contribution in [0.2, 0.25) is 0 Å². The average molecular weight is 351 g/mol. The zero-order chi connectivity index (χ0) is 17.3. The molecule has 2 N–H and O–H groups in total. The number of anilines is 2. The highest BCUT2D eigenvalue weighted by Gasteiger charge is 2.32. The molecule has 2 aromatic carbocycles. The van der Waals surface area contributed by atoms with Gasteiger partial charge in [-0.25, -0.2) is 9.78 Å². The topological polar surface area (TPSA) is 54.0 Å². The number of hydrogen-bond acceptors (Lipinski definition) is 3. The molecule has 0 saturated heterocycles. The SMILES string of the molecule is Cc1ccc(NC(=O)Nc2nc3ccccc3s2)cc1C(F)(F)F. The summed E-state index contributed by atoms with van der Waals surface area (Å²) in [5.74, 6) is 0.